The van der Waals surface area contributed by atoms with Crippen molar-refractivity contribution < 1.29 is 13.2 Å². The van der Waals surface area contributed by atoms with E-state index in [0.29, 0.717) is 5.69 Å². The quantitative estimate of drug-likeness (QED) is 0.690. The summed E-state index contributed by atoms with van der Waals surface area (Å²) >= 11 is 0. The van der Waals surface area contributed by atoms with Gasteiger partial charge in [0.25, 0.3) is 0 Å². The second kappa shape index (κ2) is 3.76. The van der Waals surface area contributed by atoms with Crippen LogP contribution in [0.5, 0.6) is 0 Å². The van der Waals surface area contributed by atoms with Crippen molar-refractivity contribution >= 4 is 17.2 Å². The predicted octanol–water partition coefficient (Wildman–Crippen LogP) is 2.15. The molecule has 0 aliphatic rings. The second-order valence-electron chi connectivity index (χ2n) is 3.08. The molecule has 0 unspecified atom stereocenters. The van der Waals surface area contributed by atoms with Crippen LogP contribution in [0.2, 0.25) is 0 Å². The molecule has 7 heteroatoms. The lowest BCUT2D eigenvalue weighted by atomic mass is 10.2. The molecule has 0 saturated heterocycles. The Morgan fingerprint density at radius 2 is 1.81 bits per heavy atom. The molecule has 0 saturated carbocycles. The summed E-state index contributed by atoms with van der Waals surface area (Å²) in [6.45, 7) is 0. The number of H-pyrrole nitrogens is 1. The Morgan fingerprint density at radius 3 is 2.31 bits per heavy atom. The molecule has 2 rings (SSSR count). The van der Waals surface area contributed by atoms with Crippen molar-refractivity contribution in [3.63, 3.8) is 0 Å². The van der Waals surface area contributed by atoms with Gasteiger partial charge in [-0.3, -0.25) is 5.10 Å². The average Bonchev–Trinajstić information content (AvgIpc) is 2.61. The molecule has 0 atom stereocenters. The summed E-state index contributed by atoms with van der Waals surface area (Å²) in [5.41, 5.74) is 5.85. The minimum Gasteiger partial charge on any atom is -0.382 e. The number of hydrogen-bond acceptors (Lipinski definition) is 3. The number of halogens is 3. The summed E-state index contributed by atoms with van der Waals surface area (Å²) in [7, 11) is 0. The third kappa shape index (κ3) is 1.79. The molecule has 0 aliphatic carbocycles. The van der Waals surface area contributed by atoms with Crippen LogP contribution < -0.4 is 11.1 Å². The van der Waals surface area contributed by atoms with E-state index in [-0.39, 0.29) is 11.5 Å². The number of nitrogen functional groups attached to an aromatic ring is 1. The van der Waals surface area contributed by atoms with Crippen molar-refractivity contribution in [2.45, 2.75) is 0 Å². The summed E-state index contributed by atoms with van der Waals surface area (Å²) in [5, 5.41) is 8.64. The lowest BCUT2D eigenvalue weighted by molar-refractivity contribution is 0.448. The highest BCUT2D eigenvalue weighted by atomic mass is 19.2. The van der Waals surface area contributed by atoms with Crippen LogP contribution in [-0.2, 0) is 0 Å². The SMILES string of the molecule is Nc1[nH]ncc1Nc1cc(F)c(F)c(F)c1. The Bertz CT molecular complexity index is 500. The maximum atomic E-state index is 12.9. The fraction of sp³-hybridized carbons (Fsp3) is 0. The molecule has 0 bridgehead atoms. The van der Waals surface area contributed by atoms with Gasteiger partial charge in [0.2, 0.25) is 0 Å². The zero-order valence-corrected chi connectivity index (χ0v) is 7.89. The Kier molecular flexibility index (Phi) is 2.43. The largest absolute Gasteiger partial charge is 0.382 e. The average molecular weight is 228 g/mol. The van der Waals surface area contributed by atoms with Gasteiger partial charge in [0.05, 0.1) is 6.20 Å². The van der Waals surface area contributed by atoms with Crippen molar-refractivity contribution in [1.82, 2.24) is 10.2 Å². The lowest BCUT2D eigenvalue weighted by Crippen LogP contribution is -1.97. The number of aromatic nitrogens is 2. The molecule has 0 fully saturated rings. The van der Waals surface area contributed by atoms with E-state index < -0.39 is 17.5 Å². The van der Waals surface area contributed by atoms with Gasteiger partial charge in [-0.2, -0.15) is 5.10 Å². The molecule has 16 heavy (non-hydrogen) atoms. The smallest absolute Gasteiger partial charge is 0.194 e. The van der Waals surface area contributed by atoms with E-state index in [4.69, 9.17) is 5.73 Å². The molecule has 2 aromatic rings. The monoisotopic (exact) mass is 228 g/mol. The van der Waals surface area contributed by atoms with Gasteiger partial charge in [0.15, 0.2) is 17.5 Å². The zero-order chi connectivity index (χ0) is 11.7. The lowest BCUT2D eigenvalue weighted by Gasteiger charge is -2.05. The standard InChI is InChI=1S/C9H7F3N4/c10-5-1-4(2-6(11)8(5)12)15-7-3-14-16-9(7)13/h1-3,15H,(H3,13,14,16). The number of aromatic amines is 1. The van der Waals surface area contributed by atoms with Gasteiger partial charge in [0.1, 0.15) is 11.5 Å². The maximum absolute atomic E-state index is 12.9. The number of hydrogen-bond donors (Lipinski definition) is 3. The topological polar surface area (TPSA) is 66.7 Å². The van der Waals surface area contributed by atoms with Gasteiger partial charge in [-0.1, -0.05) is 0 Å². The van der Waals surface area contributed by atoms with Crippen molar-refractivity contribution in [3.05, 3.63) is 35.8 Å². The predicted molar refractivity (Wildman–Crippen MR) is 52.6 cm³/mol. The van der Waals surface area contributed by atoms with Gasteiger partial charge in [0, 0.05) is 17.8 Å². The summed E-state index contributed by atoms with van der Waals surface area (Å²) in [4.78, 5) is 0. The molecule has 1 aromatic heterocycles. The van der Waals surface area contributed by atoms with Crippen molar-refractivity contribution in [1.29, 1.82) is 0 Å². The first-order valence-corrected chi connectivity index (χ1v) is 4.28. The van der Waals surface area contributed by atoms with Gasteiger partial charge in [-0.05, 0) is 0 Å². The molecule has 0 radical (unpaired) electrons. The van der Waals surface area contributed by atoms with Crippen molar-refractivity contribution in [2.75, 3.05) is 11.1 Å². The molecular formula is C9H7F3N4. The normalized spacial score (nSPS) is 10.4. The number of rotatable bonds is 2. The number of nitrogens with two attached hydrogens (primary N) is 1. The van der Waals surface area contributed by atoms with Crippen LogP contribution in [0.25, 0.3) is 0 Å². The first-order chi connectivity index (χ1) is 7.58. The van der Waals surface area contributed by atoms with E-state index >= 15 is 0 Å². The minimum atomic E-state index is -1.51. The van der Waals surface area contributed by atoms with Gasteiger partial charge in [-0.25, -0.2) is 13.2 Å². The molecule has 84 valence electrons. The van der Waals surface area contributed by atoms with E-state index in [1.54, 1.807) is 0 Å². The molecule has 0 spiro atoms. The van der Waals surface area contributed by atoms with Crippen LogP contribution in [-0.4, -0.2) is 10.2 Å². The highest BCUT2D eigenvalue weighted by molar-refractivity contribution is 5.68. The zero-order valence-electron chi connectivity index (χ0n) is 7.89. The number of nitrogens with zero attached hydrogens (tertiary/aromatic N) is 1. The van der Waals surface area contributed by atoms with Gasteiger partial charge < -0.3 is 11.1 Å². The Labute approximate surface area is 88.3 Å². The number of benzene rings is 1. The number of anilines is 3. The third-order valence-corrected chi connectivity index (χ3v) is 1.93. The fourth-order valence-electron chi connectivity index (χ4n) is 1.18. The first-order valence-electron chi connectivity index (χ1n) is 4.28. The van der Waals surface area contributed by atoms with E-state index in [1.165, 1.54) is 6.20 Å². The van der Waals surface area contributed by atoms with Crippen molar-refractivity contribution in [2.24, 2.45) is 0 Å². The Morgan fingerprint density at radius 1 is 1.19 bits per heavy atom. The van der Waals surface area contributed by atoms with Crippen LogP contribution in [0, 0.1) is 17.5 Å². The first kappa shape index (κ1) is 10.3. The summed E-state index contributed by atoms with van der Waals surface area (Å²) < 4.78 is 38.4. The van der Waals surface area contributed by atoms with E-state index in [2.05, 4.69) is 15.5 Å². The second-order valence-corrected chi connectivity index (χ2v) is 3.08. The molecule has 0 aliphatic heterocycles. The van der Waals surface area contributed by atoms with Gasteiger partial charge in [-0.15, -0.1) is 0 Å². The van der Waals surface area contributed by atoms with Crippen LogP contribution in [0.4, 0.5) is 30.4 Å². The highest BCUT2D eigenvalue weighted by Crippen LogP contribution is 2.23. The molecule has 4 N–H and O–H groups in total. The van der Waals surface area contributed by atoms with Crippen LogP contribution in [0.3, 0.4) is 0 Å². The molecule has 0 amide bonds. The Hall–Kier alpha value is -2.18. The fourth-order valence-corrected chi connectivity index (χ4v) is 1.18. The van der Waals surface area contributed by atoms with Gasteiger partial charge >= 0.3 is 0 Å². The molecule has 1 heterocycles. The summed E-state index contributed by atoms with van der Waals surface area (Å²) in [5.74, 6) is -3.84. The minimum absolute atomic E-state index is 0.0458. The number of nitrogens with one attached hydrogen (secondary N) is 2. The van der Waals surface area contributed by atoms with Crippen LogP contribution in [0.15, 0.2) is 18.3 Å². The molecule has 4 nitrogen and oxygen atoms in total. The van der Waals surface area contributed by atoms with E-state index in [9.17, 15) is 13.2 Å². The summed E-state index contributed by atoms with van der Waals surface area (Å²) in [6.07, 6.45) is 1.34. The maximum Gasteiger partial charge on any atom is 0.194 e. The van der Waals surface area contributed by atoms with E-state index in [0.717, 1.165) is 12.1 Å². The van der Waals surface area contributed by atoms with Crippen LogP contribution >= 0.6 is 0 Å². The van der Waals surface area contributed by atoms with E-state index in [1.807, 2.05) is 0 Å². The molecule has 1 aromatic carbocycles. The third-order valence-electron chi connectivity index (χ3n) is 1.93. The Balaban J connectivity index is 2.33. The van der Waals surface area contributed by atoms with Crippen LogP contribution in [0.1, 0.15) is 0 Å². The summed E-state index contributed by atoms with van der Waals surface area (Å²) in [6, 6.07) is 1.65. The van der Waals surface area contributed by atoms with Crippen molar-refractivity contribution in [3.8, 4) is 0 Å². The highest BCUT2D eigenvalue weighted by Gasteiger charge is 2.11. The molecular weight excluding hydrogens is 221 g/mol.